The van der Waals surface area contributed by atoms with E-state index < -0.39 is 5.97 Å². The largest absolute Gasteiger partial charge is 0.478 e. The van der Waals surface area contributed by atoms with Crippen molar-refractivity contribution in [3.8, 4) is 11.8 Å². The Kier molecular flexibility index (Phi) is 3.40. The number of benzene rings is 1. The molecule has 0 aliphatic rings. The molecule has 0 fully saturated rings. The molecule has 0 bridgehead atoms. The summed E-state index contributed by atoms with van der Waals surface area (Å²) in [6, 6.07) is 12.1. The van der Waals surface area contributed by atoms with Gasteiger partial charge in [0.15, 0.2) is 0 Å². The van der Waals surface area contributed by atoms with E-state index in [-0.39, 0.29) is 5.56 Å². The highest BCUT2D eigenvalue weighted by Gasteiger charge is 2.01. The first-order chi connectivity index (χ1) is 8.65. The van der Waals surface area contributed by atoms with E-state index in [1.165, 1.54) is 0 Å². The summed E-state index contributed by atoms with van der Waals surface area (Å²) in [7, 11) is 0. The molecule has 2 aromatic rings. The Morgan fingerprint density at radius 3 is 2.67 bits per heavy atom. The molecular formula is C15H11NO2. The summed E-state index contributed by atoms with van der Waals surface area (Å²) in [5.41, 5.74) is 2.48. The zero-order valence-electron chi connectivity index (χ0n) is 9.84. The van der Waals surface area contributed by atoms with Crippen LogP contribution < -0.4 is 0 Å². The topological polar surface area (TPSA) is 50.2 Å². The first-order valence-electron chi connectivity index (χ1n) is 5.44. The van der Waals surface area contributed by atoms with E-state index >= 15 is 0 Å². The van der Waals surface area contributed by atoms with Gasteiger partial charge in [0.05, 0.1) is 5.56 Å². The van der Waals surface area contributed by atoms with Gasteiger partial charge in [-0.05, 0) is 43.2 Å². The molecule has 1 aromatic heterocycles. The lowest BCUT2D eigenvalue weighted by Gasteiger charge is -1.95. The van der Waals surface area contributed by atoms with Crippen molar-refractivity contribution in [1.82, 2.24) is 4.98 Å². The zero-order chi connectivity index (χ0) is 13.0. The van der Waals surface area contributed by atoms with Gasteiger partial charge in [-0.2, -0.15) is 0 Å². The Morgan fingerprint density at radius 1 is 1.17 bits per heavy atom. The lowest BCUT2D eigenvalue weighted by molar-refractivity contribution is 0.0697. The fourth-order valence-electron chi connectivity index (χ4n) is 1.48. The third kappa shape index (κ3) is 2.96. The van der Waals surface area contributed by atoms with Gasteiger partial charge in [0.25, 0.3) is 0 Å². The van der Waals surface area contributed by atoms with Crippen molar-refractivity contribution in [2.24, 2.45) is 0 Å². The molecule has 0 aliphatic heterocycles. The van der Waals surface area contributed by atoms with Gasteiger partial charge >= 0.3 is 5.97 Å². The van der Waals surface area contributed by atoms with E-state index in [1.807, 2.05) is 25.1 Å². The number of carboxylic acids is 1. The third-order valence-electron chi connectivity index (χ3n) is 2.33. The fourth-order valence-corrected chi connectivity index (χ4v) is 1.48. The van der Waals surface area contributed by atoms with Crippen LogP contribution in [0.3, 0.4) is 0 Å². The molecule has 88 valence electrons. The third-order valence-corrected chi connectivity index (χ3v) is 2.33. The average Bonchev–Trinajstić information content (AvgIpc) is 2.37. The minimum atomic E-state index is -0.952. The SMILES string of the molecule is Cc1cccc(C#Cc2cccc(C(=O)O)c2)n1. The molecule has 0 aliphatic carbocycles. The molecular weight excluding hydrogens is 226 g/mol. The highest BCUT2D eigenvalue weighted by Crippen LogP contribution is 2.04. The number of carbonyl (C=O) groups is 1. The maximum Gasteiger partial charge on any atom is 0.335 e. The van der Waals surface area contributed by atoms with Crippen LogP contribution in [0.5, 0.6) is 0 Å². The summed E-state index contributed by atoms with van der Waals surface area (Å²) in [5.74, 6) is 4.87. The van der Waals surface area contributed by atoms with E-state index in [2.05, 4.69) is 16.8 Å². The first kappa shape index (κ1) is 11.9. The van der Waals surface area contributed by atoms with Crippen LogP contribution in [0.4, 0.5) is 0 Å². The van der Waals surface area contributed by atoms with Crippen LogP contribution >= 0.6 is 0 Å². The molecule has 1 heterocycles. The smallest absolute Gasteiger partial charge is 0.335 e. The predicted molar refractivity (Wildman–Crippen MR) is 68.4 cm³/mol. The number of aryl methyl sites for hydroxylation is 1. The number of pyridine rings is 1. The van der Waals surface area contributed by atoms with Crippen molar-refractivity contribution < 1.29 is 9.90 Å². The van der Waals surface area contributed by atoms with Crippen LogP contribution in [-0.2, 0) is 0 Å². The molecule has 0 spiro atoms. The van der Waals surface area contributed by atoms with E-state index in [4.69, 9.17) is 5.11 Å². The number of aromatic nitrogens is 1. The maximum atomic E-state index is 10.8. The molecule has 3 nitrogen and oxygen atoms in total. The van der Waals surface area contributed by atoms with Crippen molar-refractivity contribution in [2.45, 2.75) is 6.92 Å². The quantitative estimate of drug-likeness (QED) is 0.775. The summed E-state index contributed by atoms with van der Waals surface area (Å²) in [6.45, 7) is 1.90. The Morgan fingerprint density at radius 2 is 1.94 bits per heavy atom. The molecule has 2 rings (SSSR count). The highest BCUT2D eigenvalue weighted by atomic mass is 16.4. The molecule has 3 heteroatoms. The summed E-state index contributed by atoms with van der Waals surface area (Å²) in [6.07, 6.45) is 0. The first-order valence-corrected chi connectivity index (χ1v) is 5.44. The van der Waals surface area contributed by atoms with E-state index in [9.17, 15) is 4.79 Å². The van der Waals surface area contributed by atoms with Crippen LogP contribution in [0, 0.1) is 18.8 Å². The molecule has 1 N–H and O–H groups in total. The molecule has 0 atom stereocenters. The summed E-state index contributed by atoms with van der Waals surface area (Å²) in [4.78, 5) is 15.1. The minimum Gasteiger partial charge on any atom is -0.478 e. The Hall–Kier alpha value is -2.60. The second-order valence-electron chi connectivity index (χ2n) is 3.80. The molecule has 1 aromatic carbocycles. The molecule has 0 saturated heterocycles. The van der Waals surface area contributed by atoms with Gasteiger partial charge in [0.2, 0.25) is 0 Å². The van der Waals surface area contributed by atoms with Crippen molar-refractivity contribution in [2.75, 3.05) is 0 Å². The summed E-state index contributed by atoms with van der Waals surface area (Å²) in [5, 5.41) is 8.87. The molecule has 0 saturated carbocycles. The second-order valence-corrected chi connectivity index (χ2v) is 3.80. The van der Waals surface area contributed by atoms with Gasteiger partial charge in [-0.25, -0.2) is 9.78 Å². The van der Waals surface area contributed by atoms with Crippen LogP contribution in [0.25, 0.3) is 0 Å². The van der Waals surface area contributed by atoms with Crippen molar-refractivity contribution in [3.05, 3.63) is 65.0 Å². The van der Waals surface area contributed by atoms with Gasteiger partial charge in [0, 0.05) is 11.3 Å². The minimum absolute atomic E-state index is 0.235. The van der Waals surface area contributed by atoms with Crippen LogP contribution in [0.2, 0.25) is 0 Å². The average molecular weight is 237 g/mol. The fraction of sp³-hybridized carbons (Fsp3) is 0.0667. The molecule has 18 heavy (non-hydrogen) atoms. The number of hydrogen-bond donors (Lipinski definition) is 1. The monoisotopic (exact) mass is 237 g/mol. The standard InChI is InChI=1S/C15H11NO2/c1-11-4-2-7-14(16-11)9-8-12-5-3-6-13(10-12)15(17)18/h2-7,10H,1H3,(H,17,18). The Balaban J connectivity index is 2.30. The normalized spacial score (nSPS) is 9.39. The van der Waals surface area contributed by atoms with Crippen molar-refractivity contribution in [1.29, 1.82) is 0 Å². The Bertz CT molecular complexity index is 651. The van der Waals surface area contributed by atoms with Crippen LogP contribution in [0.1, 0.15) is 27.3 Å². The molecule has 0 unspecified atom stereocenters. The number of nitrogens with zero attached hydrogens (tertiary/aromatic N) is 1. The lowest BCUT2D eigenvalue weighted by atomic mass is 10.1. The molecule has 0 amide bonds. The number of hydrogen-bond acceptors (Lipinski definition) is 2. The van der Waals surface area contributed by atoms with E-state index in [0.29, 0.717) is 11.3 Å². The van der Waals surface area contributed by atoms with Gasteiger partial charge in [-0.3, -0.25) is 0 Å². The number of rotatable bonds is 1. The van der Waals surface area contributed by atoms with Crippen LogP contribution in [0.15, 0.2) is 42.5 Å². The summed E-state index contributed by atoms with van der Waals surface area (Å²) < 4.78 is 0. The van der Waals surface area contributed by atoms with Crippen LogP contribution in [-0.4, -0.2) is 16.1 Å². The van der Waals surface area contributed by atoms with Gasteiger partial charge in [-0.15, -0.1) is 0 Å². The zero-order valence-corrected chi connectivity index (χ0v) is 9.84. The Labute approximate surface area is 105 Å². The van der Waals surface area contributed by atoms with E-state index in [0.717, 1.165) is 5.69 Å². The van der Waals surface area contributed by atoms with Gasteiger partial charge < -0.3 is 5.11 Å². The second kappa shape index (κ2) is 5.15. The van der Waals surface area contributed by atoms with E-state index in [1.54, 1.807) is 24.3 Å². The van der Waals surface area contributed by atoms with Crippen molar-refractivity contribution >= 4 is 5.97 Å². The maximum absolute atomic E-state index is 10.8. The predicted octanol–water partition coefficient (Wildman–Crippen LogP) is 2.49. The lowest BCUT2D eigenvalue weighted by Crippen LogP contribution is -1.95. The molecule has 0 radical (unpaired) electrons. The number of aromatic carboxylic acids is 1. The van der Waals surface area contributed by atoms with Crippen molar-refractivity contribution in [3.63, 3.8) is 0 Å². The summed E-state index contributed by atoms with van der Waals surface area (Å²) >= 11 is 0. The van der Waals surface area contributed by atoms with Gasteiger partial charge in [-0.1, -0.05) is 18.1 Å². The van der Waals surface area contributed by atoms with Gasteiger partial charge in [0.1, 0.15) is 5.69 Å². The highest BCUT2D eigenvalue weighted by molar-refractivity contribution is 5.88. The number of carboxylic acid groups (broad SMARTS) is 1.